The first-order chi connectivity index (χ1) is 17.4. The molecule has 0 amide bonds. The van der Waals surface area contributed by atoms with E-state index in [2.05, 4.69) is 20.2 Å². The van der Waals surface area contributed by atoms with E-state index in [9.17, 15) is 12.8 Å². The van der Waals surface area contributed by atoms with Gasteiger partial charge in [0.25, 0.3) is 10.0 Å². The van der Waals surface area contributed by atoms with Crippen LogP contribution in [-0.4, -0.2) is 62.3 Å². The number of thioether (sulfide) groups is 1. The minimum atomic E-state index is -4.15. The molecule has 9 nitrogen and oxygen atoms in total. The number of hydrogen-bond donors (Lipinski definition) is 3. The summed E-state index contributed by atoms with van der Waals surface area (Å²) >= 11 is 1.61. The maximum Gasteiger partial charge on any atom is 0.264 e. The van der Waals surface area contributed by atoms with Crippen LogP contribution >= 0.6 is 11.8 Å². The molecule has 1 atom stereocenters. The van der Waals surface area contributed by atoms with E-state index >= 15 is 0 Å². The van der Waals surface area contributed by atoms with Crippen LogP contribution in [0.15, 0.2) is 64.6 Å². The molecule has 1 aliphatic heterocycles. The molecule has 36 heavy (non-hydrogen) atoms. The van der Waals surface area contributed by atoms with E-state index in [1.165, 1.54) is 13.2 Å². The number of nitrogens with zero attached hydrogens (tertiary/aromatic N) is 2. The first-order valence-corrected chi connectivity index (χ1v) is 13.7. The van der Waals surface area contributed by atoms with Crippen LogP contribution in [0, 0.1) is 5.82 Å². The van der Waals surface area contributed by atoms with Gasteiger partial charge in [0.2, 0.25) is 0 Å². The molecule has 12 heteroatoms. The number of pyridine rings is 1. The SMILES string of the molecule is COc1ccc(F)c(S(=O)(=O)Nc2ccc(-c3cc4[nH]ncc4c(SCC4CNCCO4)n3)cc2)c1. The van der Waals surface area contributed by atoms with Gasteiger partial charge in [-0.15, -0.1) is 11.8 Å². The van der Waals surface area contributed by atoms with Crippen molar-refractivity contribution in [1.82, 2.24) is 20.5 Å². The first kappa shape index (κ1) is 24.5. The van der Waals surface area contributed by atoms with Crippen LogP contribution in [0.25, 0.3) is 22.2 Å². The summed E-state index contributed by atoms with van der Waals surface area (Å²) in [5.74, 6) is 0.134. The van der Waals surface area contributed by atoms with Crippen molar-refractivity contribution < 1.29 is 22.3 Å². The van der Waals surface area contributed by atoms with Crippen molar-refractivity contribution in [3.63, 3.8) is 0 Å². The van der Waals surface area contributed by atoms with Gasteiger partial charge >= 0.3 is 0 Å². The number of methoxy groups -OCH3 is 1. The number of sulfonamides is 1. The second-order valence-electron chi connectivity index (χ2n) is 8.13. The van der Waals surface area contributed by atoms with Crippen LogP contribution in [0.1, 0.15) is 0 Å². The van der Waals surface area contributed by atoms with E-state index in [0.29, 0.717) is 18.0 Å². The molecule has 2 aromatic carbocycles. The van der Waals surface area contributed by atoms with Gasteiger partial charge in [0.15, 0.2) is 0 Å². The minimum absolute atomic E-state index is 0.109. The third-order valence-electron chi connectivity index (χ3n) is 5.67. The Labute approximate surface area is 211 Å². The lowest BCUT2D eigenvalue weighted by atomic mass is 10.1. The number of fused-ring (bicyclic) bond motifs is 1. The van der Waals surface area contributed by atoms with E-state index in [0.717, 1.165) is 52.5 Å². The Morgan fingerprint density at radius 3 is 2.81 bits per heavy atom. The second kappa shape index (κ2) is 10.4. The number of anilines is 1. The number of aromatic amines is 1. The standard InChI is InChI=1S/C24H24FN5O4S2/c1-33-17-6-7-20(25)23(10-17)36(31,32)30-16-4-2-15(3-5-16)21-11-22-19(13-27-29-22)24(28-21)35-14-18-12-26-8-9-34-18/h2-7,10-11,13,18,26,30H,8-9,12,14H2,1H3,(H,27,29). The monoisotopic (exact) mass is 529 g/mol. The quantitative estimate of drug-likeness (QED) is 0.296. The summed E-state index contributed by atoms with van der Waals surface area (Å²) in [6.07, 6.45) is 1.86. The summed E-state index contributed by atoms with van der Waals surface area (Å²) in [7, 11) is -2.77. The average Bonchev–Trinajstić information content (AvgIpc) is 3.37. The summed E-state index contributed by atoms with van der Waals surface area (Å²) in [6.45, 7) is 2.36. The third kappa shape index (κ3) is 5.31. The van der Waals surface area contributed by atoms with Crippen LogP contribution in [0.4, 0.5) is 10.1 Å². The predicted octanol–water partition coefficient (Wildman–Crippen LogP) is 3.65. The van der Waals surface area contributed by atoms with E-state index in [1.807, 2.05) is 6.07 Å². The van der Waals surface area contributed by atoms with Gasteiger partial charge in [-0.2, -0.15) is 5.10 Å². The van der Waals surface area contributed by atoms with Crippen LogP contribution in [0.5, 0.6) is 5.75 Å². The molecule has 2 aromatic heterocycles. The van der Waals surface area contributed by atoms with Gasteiger partial charge in [-0.1, -0.05) is 12.1 Å². The molecule has 0 spiro atoms. The summed E-state index contributed by atoms with van der Waals surface area (Å²) in [6, 6.07) is 12.2. The van der Waals surface area contributed by atoms with E-state index in [1.54, 1.807) is 42.2 Å². The third-order valence-corrected chi connectivity index (χ3v) is 8.19. The normalized spacial score (nSPS) is 16.2. The Kier molecular flexibility index (Phi) is 7.10. The molecule has 1 aliphatic rings. The molecule has 4 aromatic rings. The minimum Gasteiger partial charge on any atom is -0.497 e. The van der Waals surface area contributed by atoms with Gasteiger partial charge in [-0.25, -0.2) is 17.8 Å². The van der Waals surface area contributed by atoms with E-state index in [4.69, 9.17) is 14.5 Å². The fraction of sp³-hybridized carbons (Fsp3) is 0.250. The molecule has 0 aliphatic carbocycles. The van der Waals surface area contributed by atoms with Gasteiger partial charge < -0.3 is 14.8 Å². The fourth-order valence-electron chi connectivity index (χ4n) is 3.81. The highest BCUT2D eigenvalue weighted by Crippen LogP contribution is 2.31. The predicted molar refractivity (Wildman–Crippen MR) is 136 cm³/mol. The van der Waals surface area contributed by atoms with Gasteiger partial charge in [0.05, 0.1) is 42.6 Å². The molecule has 0 bridgehead atoms. The number of ether oxygens (including phenoxy) is 2. The average molecular weight is 530 g/mol. The summed E-state index contributed by atoms with van der Waals surface area (Å²) < 4.78 is 53.0. The Balaban J connectivity index is 1.37. The molecule has 3 N–H and O–H groups in total. The summed E-state index contributed by atoms with van der Waals surface area (Å²) in [5.41, 5.74) is 2.65. The number of morpholine rings is 1. The number of halogens is 1. The molecule has 0 radical (unpaired) electrons. The van der Waals surface area contributed by atoms with Gasteiger partial charge in [0.1, 0.15) is 21.5 Å². The number of aromatic nitrogens is 3. The van der Waals surface area contributed by atoms with E-state index in [-0.39, 0.29) is 11.9 Å². The van der Waals surface area contributed by atoms with Crippen molar-refractivity contribution in [2.45, 2.75) is 16.0 Å². The highest BCUT2D eigenvalue weighted by atomic mass is 32.2. The Hall–Kier alpha value is -3.19. The lowest BCUT2D eigenvalue weighted by molar-refractivity contribution is 0.0441. The lowest BCUT2D eigenvalue weighted by Gasteiger charge is -2.23. The zero-order valence-electron chi connectivity index (χ0n) is 19.3. The molecular formula is C24H24FN5O4S2. The van der Waals surface area contributed by atoms with Gasteiger partial charge in [-0.3, -0.25) is 9.82 Å². The zero-order valence-corrected chi connectivity index (χ0v) is 21.0. The summed E-state index contributed by atoms with van der Waals surface area (Å²) in [4.78, 5) is 4.35. The maximum atomic E-state index is 14.2. The van der Waals surface area contributed by atoms with Crippen molar-refractivity contribution in [1.29, 1.82) is 0 Å². The molecule has 3 heterocycles. The molecule has 1 saturated heterocycles. The van der Waals surface area contributed by atoms with E-state index < -0.39 is 20.7 Å². The van der Waals surface area contributed by atoms with Crippen LogP contribution < -0.4 is 14.8 Å². The largest absolute Gasteiger partial charge is 0.497 e. The topological polar surface area (TPSA) is 118 Å². The zero-order chi connectivity index (χ0) is 25.1. The van der Waals surface area contributed by atoms with Crippen molar-refractivity contribution >= 4 is 38.4 Å². The molecule has 5 rings (SSSR count). The molecule has 0 saturated carbocycles. The lowest BCUT2D eigenvalue weighted by Crippen LogP contribution is -2.39. The number of rotatable bonds is 8. The first-order valence-electron chi connectivity index (χ1n) is 11.2. The highest BCUT2D eigenvalue weighted by Gasteiger charge is 2.21. The van der Waals surface area contributed by atoms with Crippen molar-refractivity contribution in [2.75, 3.05) is 37.3 Å². The number of hydrogen-bond acceptors (Lipinski definition) is 8. The van der Waals surface area contributed by atoms with Crippen molar-refractivity contribution in [3.05, 3.63) is 60.5 Å². The molecule has 1 unspecified atom stereocenters. The number of benzene rings is 2. The smallest absolute Gasteiger partial charge is 0.264 e. The van der Waals surface area contributed by atoms with Crippen molar-refractivity contribution in [2.24, 2.45) is 0 Å². The van der Waals surface area contributed by atoms with Gasteiger partial charge in [-0.05, 0) is 30.3 Å². The highest BCUT2D eigenvalue weighted by molar-refractivity contribution is 7.99. The van der Waals surface area contributed by atoms with Crippen LogP contribution in [-0.2, 0) is 14.8 Å². The van der Waals surface area contributed by atoms with Gasteiger partial charge in [0, 0.05) is 36.2 Å². The Morgan fingerprint density at radius 1 is 1.22 bits per heavy atom. The number of H-pyrrole nitrogens is 1. The molecule has 1 fully saturated rings. The maximum absolute atomic E-state index is 14.2. The Morgan fingerprint density at radius 2 is 2.06 bits per heavy atom. The Bertz CT molecular complexity index is 1470. The van der Waals surface area contributed by atoms with Crippen molar-refractivity contribution in [3.8, 4) is 17.0 Å². The second-order valence-corrected chi connectivity index (χ2v) is 10.8. The number of nitrogens with one attached hydrogen (secondary N) is 3. The fourth-order valence-corrected chi connectivity index (χ4v) is 6.00. The van der Waals surface area contributed by atoms with Crippen LogP contribution in [0.2, 0.25) is 0 Å². The summed E-state index contributed by atoms with van der Waals surface area (Å²) in [5, 5.41) is 12.2. The van der Waals surface area contributed by atoms with Crippen LogP contribution in [0.3, 0.4) is 0 Å². The molecular weight excluding hydrogens is 505 g/mol. The molecule has 188 valence electrons.